The lowest BCUT2D eigenvalue weighted by molar-refractivity contribution is -0.138. The van der Waals surface area contributed by atoms with Crippen LogP contribution in [0.15, 0.2) is 24.3 Å². The van der Waals surface area contributed by atoms with Crippen molar-refractivity contribution in [2.45, 2.75) is 83.6 Å². The van der Waals surface area contributed by atoms with Gasteiger partial charge in [0.15, 0.2) is 0 Å². The summed E-state index contributed by atoms with van der Waals surface area (Å²) in [5.41, 5.74) is 5.41. The highest BCUT2D eigenvalue weighted by molar-refractivity contribution is 5.75. The second-order valence-electron chi connectivity index (χ2n) is 6.36. The number of nitrogens with two attached hydrogens (primary N) is 1. The van der Waals surface area contributed by atoms with Crippen molar-refractivity contribution in [3.05, 3.63) is 24.3 Å². The first-order chi connectivity index (χ1) is 12.1. The first kappa shape index (κ1) is 23.4. The zero-order chi connectivity index (χ0) is 18.8. The molecule has 0 saturated carbocycles. The average Bonchev–Trinajstić information content (AvgIpc) is 2.59. The molecular formula is C20H36N2O3. The normalized spacial score (nSPS) is 12.7. The number of hydrogen-bond donors (Lipinski definition) is 3. The molecule has 1 amide bonds. The first-order valence-corrected chi connectivity index (χ1v) is 9.63. The molecule has 1 atom stereocenters. The van der Waals surface area contributed by atoms with Gasteiger partial charge in [0.25, 0.3) is 0 Å². The Morgan fingerprint density at radius 1 is 1.00 bits per heavy atom. The molecule has 0 aromatic carbocycles. The van der Waals surface area contributed by atoms with Crippen molar-refractivity contribution >= 4 is 11.9 Å². The van der Waals surface area contributed by atoms with Crippen LogP contribution in [-0.4, -0.2) is 29.6 Å². The van der Waals surface area contributed by atoms with Crippen molar-refractivity contribution in [1.29, 1.82) is 0 Å². The SMILES string of the molecule is CCCCCC=CCC=CCCCC(=O)NCCCCC(N)C(=O)O. The van der Waals surface area contributed by atoms with Gasteiger partial charge < -0.3 is 16.2 Å². The molecule has 0 aliphatic rings. The number of rotatable bonds is 16. The van der Waals surface area contributed by atoms with Crippen molar-refractivity contribution in [2.75, 3.05) is 6.54 Å². The van der Waals surface area contributed by atoms with E-state index < -0.39 is 12.0 Å². The molecule has 25 heavy (non-hydrogen) atoms. The van der Waals surface area contributed by atoms with E-state index in [0.29, 0.717) is 25.8 Å². The molecule has 0 saturated heterocycles. The number of aliphatic carboxylic acids is 1. The summed E-state index contributed by atoms with van der Waals surface area (Å²) in [5.74, 6) is -0.907. The van der Waals surface area contributed by atoms with Gasteiger partial charge in [0.05, 0.1) is 0 Å². The van der Waals surface area contributed by atoms with E-state index in [2.05, 4.69) is 36.5 Å². The largest absolute Gasteiger partial charge is 0.480 e. The smallest absolute Gasteiger partial charge is 0.320 e. The first-order valence-electron chi connectivity index (χ1n) is 9.63. The predicted octanol–water partition coefficient (Wildman–Crippen LogP) is 3.94. The van der Waals surface area contributed by atoms with Gasteiger partial charge in [-0.05, 0) is 51.4 Å². The van der Waals surface area contributed by atoms with Gasteiger partial charge >= 0.3 is 5.97 Å². The van der Waals surface area contributed by atoms with E-state index in [-0.39, 0.29) is 5.91 Å². The van der Waals surface area contributed by atoms with Crippen molar-refractivity contribution in [3.8, 4) is 0 Å². The summed E-state index contributed by atoms with van der Waals surface area (Å²) in [7, 11) is 0. The highest BCUT2D eigenvalue weighted by Gasteiger charge is 2.10. The van der Waals surface area contributed by atoms with E-state index in [9.17, 15) is 9.59 Å². The lowest BCUT2D eigenvalue weighted by Crippen LogP contribution is -2.30. The highest BCUT2D eigenvalue weighted by atomic mass is 16.4. The molecular weight excluding hydrogens is 316 g/mol. The van der Waals surface area contributed by atoms with Gasteiger partial charge in [0.2, 0.25) is 5.91 Å². The van der Waals surface area contributed by atoms with Gasteiger partial charge in [-0.3, -0.25) is 9.59 Å². The van der Waals surface area contributed by atoms with E-state index in [1.807, 2.05) is 0 Å². The standard InChI is InChI=1S/C20H36N2O3/c1-2-3-4-5-6-7-8-9-10-11-12-16-19(23)22-17-14-13-15-18(21)20(24)25/h6-7,9-10,18H,2-5,8,11-17,21H2,1H3,(H,22,23)(H,24,25). The Hall–Kier alpha value is -1.62. The Morgan fingerprint density at radius 2 is 1.68 bits per heavy atom. The van der Waals surface area contributed by atoms with Gasteiger partial charge in [0, 0.05) is 13.0 Å². The van der Waals surface area contributed by atoms with E-state index >= 15 is 0 Å². The second kappa shape index (κ2) is 17.2. The molecule has 5 nitrogen and oxygen atoms in total. The van der Waals surface area contributed by atoms with Crippen LogP contribution in [0.3, 0.4) is 0 Å². The van der Waals surface area contributed by atoms with Crippen molar-refractivity contribution in [1.82, 2.24) is 5.32 Å². The molecule has 1 unspecified atom stereocenters. The summed E-state index contributed by atoms with van der Waals surface area (Å²) in [6.07, 6.45) is 19.0. The Kier molecular flexibility index (Phi) is 16.1. The lowest BCUT2D eigenvalue weighted by atomic mass is 10.1. The fraction of sp³-hybridized carbons (Fsp3) is 0.700. The van der Waals surface area contributed by atoms with Crippen molar-refractivity contribution < 1.29 is 14.7 Å². The summed E-state index contributed by atoms with van der Waals surface area (Å²) in [5, 5.41) is 11.5. The van der Waals surface area contributed by atoms with Gasteiger partial charge in [-0.15, -0.1) is 0 Å². The quantitative estimate of drug-likeness (QED) is 0.290. The van der Waals surface area contributed by atoms with E-state index in [1.54, 1.807) is 0 Å². The maximum absolute atomic E-state index is 11.6. The number of carboxylic acid groups (broad SMARTS) is 1. The van der Waals surface area contributed by atoms with Gasteiger partial charge in [-0.2, -0.15) is 0 Å². The number of hydrogen-bond acceptors (Lipinski definition) is 3. The molecule has 0 aromatic rings. The van der Waals surface area contributed by atoms with Crippen molar-refractivity contribution in [3.63, 3.8) is 0 Å². The summed E-state index contributed by atoms with van der Waals surface area (Å²) >= 11 is 0. The third-order valence-electron chi connectivity index (χ3n) is 3.94. The zero-order valence-electron chi connectivity index (χ0n) is 15.7. The maximum Gasteiger partial charge on any atom is 0.320 e. The molecule has 0 fully saturated rings. The molecule has 0 aliphatic heterocycles. The summed E-state index contributed by atoms with van der Waals surface area (Å²) < 4.78 is 0. The number of amides is 1. The van der Waals surface area contributed by atoms with Crippen LogP contribution < -0.4 is 11.1 Å². The predicted molar refractivity (Wildman–Crippen MR) is 103 cm³/mol. The molecule has 0 spiro atoms. The summed E-state index contributed by atoms with van der Waals surface area (Å²) in [6.45, 7) is 2.80. The van der Waals surface area contributed by atoms with E-state index in [0.717, 1.165) is 25.7 Å². The maximum atomic E-state index is 11.6. The van der Waals surface area contributed by atoms with E-state index in [4.69, 9.17) is 10.8 Å². The summed E-state index contributed by atoms with van der Waals surface area (Å²) in [6, 6.07) is -0.798. The zero-order valence-corrected chi connectivity index (χ0v) is 15.7. The molecule has 0 aliphatic carbocycles. The highest BCUT2D eigenvalue weighted by Crippen LogP contribution is 2.02. The minimum absolute atomic E-state index is 0.0618. The molecule has 0 rings (SSSR count). The van der Waals surface area contributed by atoms with Crippen molar-refractivity contribution in [2.24, 2.45) is 5.73 Å². The second-order valence-corrected chi connectivity index (χ2v) is 6.36. The number of carboxylic acids is 1. The van der Waals surface area contributed by atoms with Crippen LogP contribution in [0.1, 0.15) is 77.6 Å². The monoisotopic (exact) mass is 352 g/mol. The molecule has 5 heteroatoms. The fourth-order valence-corrected chi connectivity index (χ4v) is 2.33. The topological polar surface area (TPSA) is 92.4 Å². The van der Waals surface area contributed by atoms with Crippen LogP contribution in [0.25, 0.3) is 0 Å². The molecule has 144 valence electrons. The Morgan fingerprint density at radius 3 is 2.32 bits per heavy atom. The van der Waals surface area contributed by atoms with Crippen LogP contribution in [0.2, 0.25) is 0 Å². The van der Waals surface area contributed by atoms with E-state index in [1.165, 1.54) is 25.7 Å². The Bertz CT molecular complexity index is 406. The third-order valence-corrected chi connectivity index (χ3v) is 3.94. The van der Waals surface area contributed by atoms with Crippen LogP contribution in [-0.2, 0) is 9.59 Å². The minimum Gasteiger partial charge on any atom is -0.480 e. The van der Waals surface area contributed by atoms with Crippen LogP contribution in [0.5, 0.6) is 0 Å². The van der Waals surface area contributed by atoms with Gasteiger partial charge in [-0.25, -0.2) is 0 Å². The molecule has 0 aromatic heterocycles. The van der Waals surface area contributed by atoms with Crippen LogP contribution >= 0.6 is 0 Å². The number of unbranched alkanes of at least 4 members (excludes halogenated alkanes) is 5. The van der Waals surface area contributed by atoms with Crippen LogP contribution in [0.4, 0.5) is 0 Å². The van der Waals surface area contributed by atoms with Gasteiger partial charge in [0.1, 0.15) is 6.04 Å². The molecule has 4 N–H and O–H groups in total. The average molecular weight is 353 g/mol. The molecule has 0 heterocycles. The number of carbonyl (C=O) groups excluding carboxylic acids is 1. The molecule has 0 bridgehead atoms. The third kappa shape index (κ3) is 17.0. The van der Waals surface area contributed by atoms with Crippen LogP contribution in [0, 0.1) is 0 Å². The molecule has 0 radical (unpaired) electrons. The minimum atomic E-state index is -0.968. The fourth-order valence-electron chi connectivity index (χ4n) is 2.33. The summed E-state index contributed by atoms with van der Waals surface area (Å²) in [4.78, 5) is 22.2. The Balaban J connectivity index is 3.43. The number of allylic oxidation sites excluding steroid dienone is 4. The van der Waals surface area contributed by atoms with Gasteiger partial charge in [-0.1, -0.05) is 44.1 Å². The number of carbonyl (C=O) groups is 2. The Labute approximate surface area is 152 Å². The number of nitrogens with one attached hydrogen (secondary N) is 1. The lowest BCUT2D eigenvalue weighted by Gasteiger charge is -2.07.